The van der Waals surface area contributed by atoms with Crippen LogP contribution in [0.3, 0.4) is 0 Å². The van der Waals surface area contributed by atoms with Crippen molar-refractivity contribution < 1.29 is 4.79 Å². The van der Waals surface area contributed by atoms with Crippen molar-refractivity contribution >= 4 is 5.91 Å². The number of rotatable bonds is 5. The topological polar surface area (TPSA) is 20.3 Å². The molecule has 88 valence electrons. The molecule has 1 saturated heterocycles. The van der Waals surface area contributed by atoms with E-state index < -0.39 is 0 Å². The van der Waals surface area contributed by atoms with Gasteiger partial charge in [0.1, 0.15) is 0 Å². The molecular weight excluding hydrogens is 198 g/mol. The van der Waals surface area contributed by atoms with E-state index in [2.05, 4.69) is 26.5 Å². The molecule has 1 heterocycles. The lowest BCUT2D eigenvalue weighted by atomic mass is 10.1. The third-order valence-electron chi connectivity index (χ3n) is 2.83. The van der Waals surface area contributed by atoms with Gasteiger partial charge in [-0.1, -0.05) is 38.2 Å². The third-order valence-corrected chi connectivity index (χ3v) is 2.83. The zero-order valence-electron chi connectivity index (χ0n) is 10.3. The second-order valence-corrected chi connectivity index (χ2v) is 3.99. The van der Waals surface area contributed by atoms with Crippen LogP contribution in [0.15, 0.2) is 36.0 Å². The van der Waals surface area contributed by atoms with Crippen LogP contribution in [0.4, 0.5) is 0 Å². The number of allylic oxidation sites excluding steroid dienone is 3. The molecule has 2 nitrogen and oxygen atoms in total. The highest BCUT2D eigenvalue weighted by atomic mass is 16.2. The summed E-state index contributed by atoms with van der Waals surface area (Å²) in [6.07, 6.45) is 8.88. The van der Waals surface area contributed by atoms with Crippen LogP contribution in [0.25, 0.3) is 0 Å². The number of hydrogen-bond acceptors (Lipinski definition) is 1. The molecular formula is C14H21NO. The summed E-state index contributed by atoms with van der Waals surface area (Å²) in [6.45, 7) is 9.72. The molecule has 0 atom stereocenters. The van der Waals surface area contributed by atoms with Crippen molar-refractivity contribution in [2.24, 2.45) is 0 Å². The summed E-state index contributed by atoms with van der Waals surface area (Å²) in [5.74, 6) is 0.122. The molecule has 2 heteroatoms. The summed E-state index contributed by atoms with van der Waals surface area (Å²) >= 11 is 0. The zero-order chi connectivity index (χ0) is 12.0. The van der Waals surface area contributed by atoms with E-state index in [4.69, 9.17) is 0 Å². The minimum atomic E-state index is 0.122. The summed E-state index contributed by atoms with van der Waals surface area (Å²) in [7, 11) is 0. The van der Waals surface area contributed by atoms with Crippen molar-refractivity contribution in [3.63, 3.8) is 0 Å². The normalized spacial score (nSPS) is 17.0. The Morgan fingerprint density at radius 3 is 2.44 bits per heavy atom. The molecule has 1 aliphatic rings. The summed E-state index contributed by atoms with van der Waals surface area (Å²) in [5.41, 5.74) is 1.94. The van der Waals surface area contributed by atoms with E-state index in [1.54, 1.807) is 6.08 Å². The largest absolute Gasteiger partial charge is 0.339 e. The molecule has 0 spiro atoms. The van der Waals surface area contributed by atoms with Crippen molar-refractivity contribution in [3.05, 3.63) is 36.0 Å². The summed E-state index contributed by atoms with van der Waals surface area (Å²) in [5, 5.41) is 0. The molecule has 1 fully saturated rings. The van der Waals surface area contributed by atoms with Crippen LogP contribution in [0.1, 0.15) is 33.1 Å². The van der Waals surface area contributed by atoms with Gasteiger partial charge in [0.2, 0.25) is 0 Å². The van der Waals surface area contributed by atoms with Gasteiger partial charge in [-0.2, -0.15) is 0 Å². The van der Waals surface area contributed by atoms with Crippen molar-refractivity contribution in [3.8, 4) is 0 Å². The highest BCUT2D eigenvalue weighted by Gasteiger charge is 2.21. The molecule has 1 aliphatic heterocycles. The molecule has 16 heavy (non-hydrogen) atoms. The molecule has 0 aliphatic carbocycles. The van der Waals surface area contributed by atoms with E-state index in [9.17, 15) is 4.79 Å². The lowest BCUT2D eigenvalue weighted by Gasteiger charge is -2.31. The smallest absolute Gasteiger partial charge is 0.253 e. The first-order chi connectivity index (χ1) is 7.72. The van der Waals surface area contributed by atoms with Gasteiger partial charge in [-0.25, -0.2) is 0 Å². The molecule has 0 aromatic carbocycles. The third kappa shape index (κ3) is 3.09. The Kier molecular flexibility index (Phi) is 5.03. The fourth-order valence-electron chi connectivity index (χ4n) is 1.68. The van der Waals surface area contributed by atoms with Crippen molar-refractivity contribution in [2.45, 2.75) is 33.1 Å². The van der Waals surface area contributed by atoms with Crippen LogP contribution in [-0.2, 0) is 4.79 Å². The second kappa shape index (κ2) is 6.31. The number of amides is 1. The van der Waals surface area contributed by atoms with Crippen molar-refractivity contribution in [1.82, 2.24) is 4.90 Å². The Labute approximate surface area is 98.3 Å². The maximum Gasteiger partial charge on any atom is 0.253 e. The monoisotopic (exact) mass is 219 g/mol. The van der Waals surface area contributed by atoms with E-state index in [1.807, 2.05) is 11.0 Å². The van der Waals surface area contributed by atoms with Gasteiger partial charge in [0, 0.05) is 18.7 Å². The van der Waals surface area contributed by atoms with E-state index >= 15 is 0 Å². The summed E-state index contributed by atoms with van der Waals surface area (Å²) in [4.78, 5) is 13.8. The van der Waals surface area contributed by atoms with Crippen LogP contribution < -0.4 is 0 Å². The Morgan fingerprint density at radius 2 is 2.06 bits per heavy atom. The molecule has 1 rings (SSSR count). The maximum atomic E-state index is 12.0. The van der Waals surface area contributed by atoms with Crippen LogP contribution in [-0.4, -0.2) is 23.9 Å². The number of carbonyl (C=O) groups is 1. The first-order valence-electron chi connectivity index (χ1n) is 6.05. The van der Waals surface area contributed by atoms with Gasteiger partial charge in [0.25, 0.3) is 5.91 Å². The van der Waals surface area contributed by atoms with Crippen molar-refractivity contribution in [1.29, 1.82) is 0 Å². The van der Waals surface area contributed by atoms with Crippen molar-refractivity contribution in [2.75, 3.05) is 13.1 Å². The highest BCUT2D eigenvalue weighted by molar-refractivity contribution is 5.96. The molecule has 0 N–H and O–H groups in total. The van der Waals surface area contributed by atoms with Crippen LogP contribution in [0, 0.1) is 0 Å². The molecule has 1 amide bonds. The van der Waals surface area contributed by atoms with Gasteiger partial charge in [0.15, 0.2) is 0 Å². The quantitative estimate of drug-likeness (QED) is 0.514. The maximum absolute atomic E-state index is 12.0. The molecule has 0 saturated carbocycles. The minimum absolute atomic E-state index is 0.122. The molecule has 0 unspecified atom stereocenters. The standard InChI is InChI=1S/C14H21NO/c1-4-8-12(5-2)11-13(6-3)14(16)15-9-7-10-15/h6,8,11H,3-5,7,9-10H2,1-2H3/b12-8-,13-11+. The Bertz CT molecular complexity index is 322. The number of hydrogen-bond donors (Lipinski definition) is 0. The lowest BCUT2D eigenvalue weighted by molar-refractivity contribution is -0.130. The minimum Gasteiger partial charge on any atom is -0.339 e. The zero-order valence-corrected chi connectivity index (χ0v) is 10.3. The van der Waals surface area contributed by atoms with Crippen LogP contribution in [0.5, 0.6) is 0 Å². The fraction of sp³-hybridized carbons (Fsp3) is 0.500. The number of likely N-dealkylation sites (tertiary alicyclic amines) is 1. The van der Waals surface area contributed by atoms with E-state index in [-0.39, 0.29) is 5.91 Å². The van der Waals surface area contributed by atoms with Gasteiger partial charge >= 0.3 is 0 Å². The van der Waals surface area contributed by atoms with Gasteiger partial charge < -0.3 is 4.90 Å². The molecule has 0 aromatic heterocycles. The SMILES string of the molecule is C=C/C(=C\C(=C/CC)CC)C(=O)N1CCC1. The summed E-state index contributed by atoms with van der Waals surface area (Å²) < 4.78 is 0. The van der Waals surface area contributed by atoms with Crippen LogP contribution >= 0.6 is 0 Å². The van der Waals surface area contributed by atoms with E-state index in [0.717, 1.165) is 37.9 Å². The lowest BCUT2D eigenvalue weighted by Crippen LogP contribution is -2.42. The van der Waals surface area contributed by atoms with Gasteiger partial charge in [-0.05, 0) is 25.3 Å². The molecule has 0 aromatic rings. The molecule has 0 radical (unpaired) electrons. The van der Waals surface area contributed by atoms with E-state index in [0.29, 0.717) is 0 Å². The molecule has 0 bridgehead atoms. The van der Waals surface area contributed by atoms with Crippen LogP contribution in [0.2, 0.25) is 0 Å². The first kappa shape index (κ1) is 12.8. The Balaban J connectivity index is 2.78. The van der Waals surface area contributed by atoms with E-state index in [1.165, 1.54) is 5.57 Å². The van der Waals surface area contributed by atoms with Gasteiger partial charge in [-0.15, -0.1) is 0 Å². The fourth-order valence-corrected chi connectivity index (χ4v) is 1.68. The second-order valence-electron chi connectivity index (χ2n) is 3.99. The predicted molar refractivity (Wildman–Crippen MR) is 68.1 cm³/mol. The van der Waals surface area contributed by atoms with Gasteiger partial charge in [0.05, 0.1) is 0 Å². The average molecular weight is 219 g/mol. The predicted octanol–water partition coefficient (Wildman–Crippen LogP) is 3.08. The average Bonchev–Trinajstić information content (AvgIpc) is 2.21. The highest BCUT2D eigenvalue weighted by Crippen LogP contribution is 2.15. The first-order valence-corrected chi connectivity index (χ1v) is 6.05. The van der Waals surface area contributed by atoms with Gasteiger partial charge in [-0.3, -0.25) is 4.79 Å². The number of carbonyl (C=O) groups excluding carboxylic acids is 1. The Hall–Kier alpha value is -1.31. The number of nitrogens with zero attached hydrogens (tertiary/aromatic N) is 1. The Morgan fingerprint density at radius 1 is 1.38 bits per heavy atom. The summed E-state index contributed by atoms with van der Waals surface area (Å²) in [6, 6.07) is 0.